The third-order valence-corrected chi connectivity index (χ3v) is 5.58. The summed E-state index contributed by atoms with van der Waals surface area (Å²) >= 11 is 0. The van der Waals surface area contributed by atoms with E-state index in [4.69, 9.17) is 9.47 Å². The standard InChI is InChI=1S/C21H19FN2O5S/c1-28-15-9-12-19(20(13-15)29-2)23-21(25)14-7-10-16(11-8-14)30(26,27)24-18-6-4-3-5-17(18)22/h3-13,24H,1-2H3,(H,23,25). The Balaban J connectivity index is 1.77. The molecule has 30 heavy (non-hydrogen) atoms. The molecule has 0 heterocycles. The number of methoxy groups -OCH3 is 2. The maximum absolute atomic E-state index is 13.7. The van der Waals surface area contributed by atoms with Gasteiger partial charge in [-0.2, -0.15) is 0 Å². The minimum absolute atomic E-state index is 0.107. The number of benzene rings is 3. The second-order valence-corrected chi connectivity index (χ2v) is 7.81. The summed E-state index contributed by atoms with van der Waals surface area (Å²) in [6.07, 6.45) is 0. The first-order valence-electron chi connectivity index (χ1n) is 8.75. The number of ether oxygens (including phenoxy) is 2. The Kier molecular flexibility index (Phi) is 6.22. The van der Waals surface area contributed by atoms with Crippen molar-refractivity contribution in [1.82, 2.24) is 0 Å². The second kappa shape index (κ2) is 8.83. The zero-order valence-electron chi connectivity index (χ0n) is 16.2. The van der Waals surface area contributed by atoms with Crippen molar-refractivity contribution in [2.45, 2.75) is 4.90 Å². The molecular formula is C21H19FN2O5S. The van der Waals surface area contributed by atoms with Crippen molar-refractivity contribution < 1.29 is 27.1 Å². The fourth-order valence-corrected chi connectivity index (χ4v) is 3.70. The molecule has 0 saturated carbocycles. The maximum Gasteiger partial charge on any atom is 0.261 e. The van der Waals surface area contributed by atoms with Crippen LogP contribution in [0.3, 0.4) is 0 Å². The van der Waals surface area contributed by atoms with E-state index in [1.807, 2.05) is 0 Å². The molecule has 7 nitrogen and oxygen atoms in total. The lowest BCUT2D eigenvalue weighted by molar-refractivity contribution is 0.102. The smallest absolute Gasteiger partial charge is 0.261 e. The topological polar surface area (TPSA) is 93.7 Å². The molecule has 0 unspecified atom stereocenters. The van der Waals surface area contributed by atoms with Gasteiger partial charge in [-0.05, 0) is 48.5 Å². The Morgan fingerprint density at radius 1 is 0.900 bits per heavy atom. The van der Waals surface area contributed by atoms with Crippen molar-refractivity contribution in [3.05, 3.63) is 78.1 Å². The molecule has 0 aromatic heterocycles. The summed E-state index contributed by atoms with van der Waals surface area (Å²) in [5, 5.41) is 2.70. The van der Waals surface area contributed by atoms with Crippen LogP contribution in [0.2, 0.25) is 0 Å². The average molecular weight is 430 g/mol. The van der Waals surface area contributed by atoms with Crippen LogP contribution in [-0.4, -0.2) is 28.5 Å². The highest BCUT2D eigenvalue weighted by Crippen LogP contribution is 2.29. The number of nitrogens with one attached hydrogen (secondary N) is 2. The van der Waals surface area contributed by atoms with Crippen molar-refractivity contribution in [3.8, 4) is 11.5 Å². The highest BCUT2D eigenvalue weighted by Gasteiger charge is 2.17. The predicted molar refractivity (Wildman–Crippen MR) is 111 cm³/mol. The monoisotopic (exact) mass is 430 g/mol. The summed E-state index contributed by atoms with van der Waals surface area (Å²) in [7, 11) is -1.03. The van der Waals surface area contributed by atoms with Gasteiger partial charge in [-0.15, -0.1) is 0 Å². The van der Waals surface area contributed by atoms with E-state index in [0.717, 1.165) is 6.07 Å². The molecule has 0 aliphatic rings. The van der Waals surface area contributed by atoms with Crippen LogP contribution in [0, 0.1) is 5.82 Å². The first kappa shape index (κ1) is 21.1. The third-order valence-electron chi connectivity index (χ3n) is 4.20. The van der Waals surface area contributed by atoms with Crippen molar-refractivity contribution in [1.29, 1.82) is 0 Å². The minimum Gasteiger partial charge on any atom is -0.497 e. The Morgan fingerprint density at radius 2 is 1.60 bits per heavy atom. The number of amides is 1. The molecule has 3 aromatic carbocycles. The average Bonchev–Trinajstić information content (AvgIpc) is 2.75. The van der Waals surface area contributed by atoms with E-state index in [-0.39, 0.29) is 16.1 Å². The summed E-state index contributed by atoms with van der Waals surface area (Å²) < 4.78 is 51.2. The Morgan fingerprint density at radius 3 is 2.23 bits per heavy atom. The number of carbonyl (C=O) groups excluding carboxylic acids is 1. The summed E-state index contributed by atoms with van der Waals surface area (Å²) in [5.74, 6) is -0.160. The van der Waals surface area contributed by atoms with Crippen LogP contribution in [0.25, 0.3) is 0 Å². The van der Waals surface area contributed by atoms with E-state index in [1.54, 1.807) is 18.2 Å². The van der Waals surface area contributed by atoms with Crippen molar-refractivity contribution in [3.63, 3.8) is 0 Å². The number of anilines is 2. The number of para-hydroxylation sites is 1. The summed E-state index contributed by atoms with van der Waals surface area (Å²) in [4.78, 5) is 12.4. The van der Waals surface area contributed by atoms with Gasteiger partial charge in [0.15, 0.2) is 0 Å². The molecule has 0 aliphatic heterocycles. The van der Waals surface area contributed by atoms with E-state index >= 15 is 0 Å². The molecule has 2 N–H and O–H groups in total. The van der Waals surface area contributed by atoms with E-state index < -0.39 is 21.7 Å². The van der Waals surface area contributed by atoms with Crippen LogP contribution in [0.4, 0.5) is 15.8 Å². The van der Waals surface area contributed by atoms with Gasteiger partial charge in [0, 0.05) is 11.6 Å². The number of sulfonamides is 1. The van der Waals surface area contributed by atoms with E-state index in [1.165, 1.54) is 56.7 Å². The Bertz CT molecular complexity index is 1160. The Labute approximate surface area is 173 Å². The van der Waals surface area contributed by atoms with Gasteiger partial charge in [-0.1, -0.05) is 12.1 Å². The van der Waals surface area contributed by atoms with Crippen LogP contribution in [0.1, 0.15) is 10.4 Å². The zero-order chi connectivity index (χ0) is 21.7. The number of halogens is 1. The van der Waals surface area contributed by atoms with Crippen molar-refractivity contribution in [2.24, 2.45) is 0 Å². The maximum atomic E-state index is 13.7. The number of hydrogen-bond acceptors (Lipinski definition) is 5. The van der Waals surface area contributed by atoms with Crippen LogP contribution >= 0.6 is 0 Å². The highest BCUT2D eigenvalue weighted by atomic mass is 32.2. The normalized spacial score (nSPS) is 10.9. The van der Waals surface area contributed by atoms with Crippen LogP contribution in [-0.2, 0) is 10.0 Å². The first-order valence-corrected chi connectivity index (χ1v) is 10.2. The SMILES string of the molecule is COc1ccc(NC(=O)c2ccc(S(=O)(=O)Nc3ccccc3F)cc2)c(OC)c1. The molecule has 156 valence electrons. The molecule has 0 aliphatic carbocycles. The van der Waals surface area contributed by atoms with E-state index in [0.29, 0.717) is 17.2 Å². The lowest BCUT2D eigenvalue weighted by Gasteiger charge is -2.12. The fourth-order valence-electron chi connectivity index (χ4n) is 2.63. The molecule has 0 spiro atoms. The number of hydrogen-bond donors (Lipinski definition) is 2. The molecular weight excluding hydrogens is 411 g/mol. The van der Waals surface area contributed by atoms with Gasteiger partial charge in [0.05, 0.1) is 30.5 Å². The molecule has 9 heteroatoms. The quantitative estimate of drug-likeness (QED) is 0.593. The molecule has 0 bridgehead atoms. The fraction of sp³-hybridized carbons (Fsp3) is 0.0952. The third kappa shape index (κ3) is 4.69. The molecule has 0 saturated heterocycles. The summed E-state index contributed by atoms with van der Waals surface area (Å²) in [6, 6.07) is 15.6. The zero-order valence-corrected chi connectivity index (χ0v) is 17.0. The largest absolute Gasteiger partial charge is 0.497 e. The molecule has 3 aromatic rings. The minimum atomic E-state index is -4.01. The molecule has 0 atom stereocenters. The number of rotatable bonds is 7. The molecule has 0 radical (unpaired) electrons. The van der Waals surface area contributed by atoms with Crippen molar-refractivity contribution >= 4 is 27.3 Å². The number of carbonyl (C=O) groups is 1. The van der Waals surface area contributed by atoms with Gasteiger partial charge in [-0.25, -0.2) is 12.8 Å². The lowest BCUT2D eigenvalue weighted by atomic mass is 10.2. The van der Waals surface area contributed by atoms with Crippen LogP contribution in [0.5, 0.6) is 11.5 Å². The van der Waals surface area contributed by atoms with E-state index in [2.05, 4.69) is 10.0 Å². The van der Waals surface area contributed by atoms with Gasteiger partial charge in [0.25, 0.3) is 15.9 Å². The van der Waals surface area contributed by atoms with Gasteiger partial charge in [0.1, 0.15) is 17.3 Å². The lowest BCUT2D eigenvalue weighted by Crippen LogP contribution is -2.15. The van der Waals surface area contributed by atoms with Gasteiger partial charge in [0.2, 0.25) is 0 Å². The molecule has 3 rings (SSSR count). The summed E-state index contributed by atoms with van der Waals surface area (Å²) in [6.45, 7) is 0. The van der Waals surface area contributed by atoms with Gasteiger partial charge in [-0.3, -0.25) is 9.52 Å². The second-order valence-electron chi connectivity index (χ2n) is 6.13. The first-order chi connectivity index (χ1) is 14.3. The van der Waals surface area contributed by atoms with Gasteiger partial charge >= 0.3 is 0 Å². The highest BCUT2D eigenvalue weighted by molar-refractivity contribution is 7.92. The van der Waals surface area contributed by atoms with Crippen LogP contribution < -0.4 is 19.5 Å². The Hall–Kier alpha value is -3.59. The van der Waals surface area contributed by atoms with E-state index in [9.17, 15) is 17.6 Å². The van der Waals surface area contributed by atoms with Crippen molar-refractivity contribution in [2.75, 3.05) is 24.3 Å². The summed E-state index contributed by atoms with van der Waals surface area (Å²) in [5.41, 5.74) is 0.504. The predicted octanol–water partition coefficient (Wildman–Crippen LogP) is 3.90. The molecule has 0 fully saturated rings. The molecule has 1 amide bonds. The van der Waals surface area contributed by atoms with Crippen LogP contribution in [0.15, 0.2) is 71.6 Å². The van der Waals surface area contributed by atoms with Gasteiger partial charge < -0.3 is 14.8 Å².